The van der Waals surface area contributed by atoms with Crippen molar-refractivity contribution in [2.24, 2.45) is 4.99 Å². The molecule has 1 heterocycles. The average molecular weight is 188 g/mol. The standard InChI is InChI=1S/C10H8N2O2/c13-12(14)10-3-1-8(2-4-10)9-5-6-11-7-9/h1-5,7H,6H2. The van der Waals surface area contributed by atoms with Crippen molar-refractivity contribution in [3.63, 3.8) is 0 Å². The van der Waals surface area contributed by atoms with E-state index in [1.165, 1.54) is 12.1 Å². The lowest BCUT2D eigenvalue weighted by molar-refractivity contribution is -0.384. The van der Waals surface area contributed by atoms with Gasteiger partial charge in [-0.2, -0.15) is 0 Å². The molecule has 0 radical (unpaired) electrons. The number of allylic oxidation sites excluding steroid dienone is 1. The van der Waals surface area contributed by atoms with E-state index in [1.54, 1.807) is 18.3 Å². The maximum absolute atomic E-state index is 10.4. The Balaban J connectivity index is 2.30. The van der Waals surface area contributed by atoms with Gasteiger partial charge in [0.2, 0.25) is 0 Å². The number of nitro benzene ring substituents is 1. The van der Waals surface area contributed by atoms with Gasteiger partial charge in [0.1, 0.15) is 0 Å². The molecule has 0 fully saturated rings. The molecule has 0 N–H and O–H groups in total. The van der Waals surface area contributed by atoms with Gasteiger partial charge in [-0.1, -0.05) is 6.08 Å². The third-order valence-corrected chi connectivity index (χ3v) is 2.06. The maximum atomic E-state index is 10.4. The fourth-order valence-corrected chi connectivity index (χ4v) is 1.32. The molecule has 0 saturated heterocycles. The molecule has 4 heteroatoms. The minimum atomic E-state index is -0.402. The molecule has 1 aliphatic heterocycles. The Morgan fingerprint density at radius 1 is 1.29 bits per heavy atom. The van der Waals surface area contributed by atoms with E-state index in [0.717, 1.165) is 11.1 Å². The van der Waals surface area contributed by atoms with Gasteiger partial charge in [-0.3, -0.25) is 15.1 Å². The van der Waals surface area contributed by atoms with Crippen molar-refractivity contribution in [3.8, 4) is 0 Å². The summed E-state index contributed by atoms with van der Waals surface area (Å²) in [4.78, 5) is 14.0. The summed E-state index contributed by atoms with van der Waals surface area (Å²) in [6, 6.07) is 6.48. The normalized spacial score (nSPS) is 14.1. The van der Waals surface area contributed by atoms with Crippen molar-refractivity contribution < 1.29 is 4.92 Å². The predicted molar refractivity (Wildman–Crippen MR) is 54.4 cm³/mol. The number of nitro groups is 1. The second-order valence-electron chi connectivity index (χ2n) is 2.96. The second-order valence-corrected chi connectivity index (χ2v) is 2.96. The molecule has 1 aromatic rings. The molecule has 1 aliphatic rings. The Morgan fingerprint density at radius 3 is 2.50 bits per heavy atom. The van der Waals surface area contributed by atoms with Crippen LogP contribution in [-0.4, -0.2) is 17.7 Å². The molecule has 0 spiro atoms. The first-order valence-corrected chi connectivity index (χ1v) is 4.22. The minimum absolute atomic E-state index is 0.115. The van der Waals surface area contributed by atoms with Crippen LogP contribution in [0.25, 0.3) is 5.57 Å². The van der Waals surface area contributed by atoms with Crippen molar-refractivity contribution in [1.82, 2.24) is 0 Å². The van der Waals surface area contributed by atoms with Crippen LogP contribution in [0.1, 0.15) is 5.56 Å². The van der Waals surface area contributed by atoms with Gasteiger partial charge in [-0.05, 0) is 23.3 Å². The Kier molecular flexibility index (Phi) is 2.10. The largest absolute Gasteiger partial charge is 0.288 e. The third-order valence-electron chi connectivity index (χ3n) is 2.06. The zero-order valence-corrected chi connectivity index (χ0v) is 7.38. The average Bonchev–Trinajstić information content (AvgIpc) is 2.71. The van der Waals surface area contributed by atoms with Gasteiger partial charge in [-0.25, -0.2) is 0 Å². The van der Waals surface area contributed by atoms with E-state index < -0.39 is 4.92 Å². The molecular weight excluding hydrogens is 180 g/mol. The van der Waals surface area contributed by atoms with Gasteiger partial charge < -0.3 is 0 Å². The van der Waals surface area contributed by atoms with Crippen LogP contribution in [0.15, 0.2) is 35.3 Å². The number of non-ortho nitro benzene ring substituents is 1. The van der Waals surface area contributed by atoms with E-state index in [0.29, 0.717) is 6.54 Å². The lowest BCUT2D eigenvalue weighted by atomic mass is 10.1. The van der Waals surface area contributed by atoms with Crippen molar-refractivity contribution in [2.45, 2.75) is 0 Å². The minimum Gasteiger partial charge on any atom is -0.288 e. The van der Waals surface area contributed by atoms with E-state index in [4.69, 9.17) is 0 Å². The van der Waals surface area contributed by atoms with Gasteiger partial charge in [0.25, 0.3) is 5.69 Å². The van der Waals surface area contributed by atoms with Crippen molar-refractivity contribution in [2.75, 3.05) is 6.54 Å². The Labute approximate surface area is 80.7 Å². The van der Waals surface area contributed by atoms with Crippen LogP contribution in [0, 0.1) is 10.1 Å². The molecule has 4 nitrogen and oxygen atoms in total. The Morgan fingerprint density at radius 2 is 2.00 bits per heavy atom. The lowest BCUT2D eigenvalue weighted by Crippen LogP contribution is -1.88. The zero-order valence-electron chi connectivity index (χ0n) is 7.38. The summed E-state index contributed by atoms with van der Waals surface area (Å²) >= 11 is 0. The molecule has 0 aliphatic carbocycles. The Bertz CT molecular complexity index is 418. The van der Waals surface area contributed by atoms with Crippen LogP contribution < -0.4 is 0 Å². The van der Waals surface area contributed by atoms with Crippen molar-refractivity contribution in [3.05, 3.63) is 46.0 Å². The second kappa shape index (κ2) is 3.41. The van der Waals surface area contributed by atoms with E-state index in [1.807, 2.05) is 6.08 Å². The van der Waals surface area contributed by atoms with E-state index in [-0.39, 0.29) is 5.69 Å². The van der Waals surface area contributed by atoms with Crippen LogP contribution in [0.4, 0.5) is 5.69 Å². The monoisotopic (exact) mass is 188 g/mol. The van der Waals surface area contributed by atoms with Crippen molar-refractivity contribution >= 4 is 17.5 Å². The maximum Gasteiger partial charge on any atom is 0.269 e. The van der Waals surface area contributed by atoms with Crippen LogP contribution in [0.5, 0.6) is 0 Å². The summed E-state index contributed by atoms with van der Waals surface area (Å²) in [6.45, 7) is 0.701. The van der Waals surface area contributed by atoms with Crippen LogP contribution >= 0.6 is 0 Å². The SMILES string of the molecule is O=[N+]([O-])c1ccc(C2=CCN=C2)cc1. The summed E-state index contributed by atoms with van der Waals surface area (Å²) in [5.74, 6) is 0. The molecule has 0 atom stereocenters. The highest BCUT2D eigenvalue weighted by atomic mass is 16.6. The number of hydrogen-bond acceptors (Lipinski definition) is 3. The molecular formula is C10H8N2O2. The quantitative estimate of drug-likeness (QED) is 0.527. The molecule has 70 valence electrons. The summed E-state index contributed by atoms with van der Waals surface area (Å²) < 4.78 is 0. The van der Waals surface area contributed by atoms with E-state index in [2.05, 4.69) is 4.99 Å². The van der Waals surface area contributed by atoms with Crippen molar-refractivity contribution in [1.29, 1.82) is 0 Å². The zero-order chi connectivity index (χ0) is 9.97. The first-order valence-electron chi connectivity index (χ1n) is 4.22. The smallest absolute Gasteiger partial charge is 0.269 e. The first kappa shape index (κ1) is 8.62. The van der Waals surface area contributed by atoms with Gasteiger partial charge in [0.15, 0.2) is 0 Å². The highest BCUT2D eigenvalue weighted by Gasteiger charge is 2.06. The fraction of sp³-hybridized carbons (Fsp3) is 0.100. The van der Waals surface area contributed by atoms with Gasteiger partial charge >= 0.3 is 0 Å². The van der Waals surface area contributed by atoms with E-state index in [9.17, 15) is 10.1 Å². The number of aliphatic imine (C=N–C) groups is 1. The highest BCUT2D eigenvalue weighted by molar-refractivity contribution is 6.11. The molecule has 1 aromatic carbocycles. The molecule has 0 aromatic heterocycles. The van der Waals surface area contributed by atoms with Crippen LogP contribution in [-0.2, 0) is 0 Å². The number of benzene rings is 1. The fourth-order valence-electron chi connectivity index (χ4n) is 1.32. The number of rotatable bonds is 2. The Hall–Kier alpha value is -1.97. The van der Waals surface area contributed by atoms with Crippen LogP contribution in [0.2, 0.25) is 0 Å². The molecule has 0 unspecified atom stereocenters. The topological polar surface area (TPSA) is 55.5 Å². The highest BCUT2D eigenvalue weighted by Crippen LogP contribution is 2.19. The van der Waals surface area contributed by atoms with Crippen LogP contribution in [0.3, 0.4) is 0 Å². The number of hydrogen-bond donors (Lipinski definition) is 0. The van der Waals surface area contributed by atoms with E-state index >= 15 is 0 Å². The van der Waals surface area contributed by atoms with Gasteiger partial charge in [0.05, 0.1) is 11.5 Å². The summed E-state index contributed by atoms with van der Waals surface area (Å²) in [5.41, 5.74) is 2.11. The molecule has 2 rings (SSSR count). The molecule has 0 amide bonds. The lowest BCUT2D eigenvalue weighted by Gasteiger charge is -1.97. The van der Waals surface area contributed by atoms with Gasteiger partial charge in [0, 0.05) is 18.3 Å². The molecule has 0 bridgehead atoms. The first-order chi connectivity index (χ1) is 6.77. The summed E-state index contributed by atoms with van der Waals surface area (Å²) in [7, 11) is 0. The third kappa shape index (κ3) is 1.54. The summed E-state index contributed by atoms with van der Waals surface area (Å²) in [5, 5.41) is 10.4. The molecule has 0 saturated carbocycles. The molecule has 14 heavy (non-hydrogen) atoms. The summed E-state index contributed by atoms with van der Waals surface area (Å²) in [6.07, 6.45) is 3.77. The predicted octanol–water partition coefficient (Wildman–Crippen LogP) is 2.06. The van der Waals surface area contributed by atoms with Gasteiger partial charge in [-0.15, -0.1) is 0 Å². The number of nitrogens with zero attached hydrogens (tertiary/aromatic N) is 2.